The summed E-state index contributed by atoms with van der Waals surface area (Å²) in [6.45, 7) is 6.13. The normalized spacial score (nSPS) is 23.5. The minimum absolute atomic E-state index is 0.0376. The Morgan fingerprint density at radius 2 is 1.56 bits per heavy atom. The summed E-state index contributed by atoms with van der Waals surface area (Å²) in [7, 11) is 0. The van der Waals surface area contributed by atoms with Gasteiger partial charge in [0.05, 0.1) is 18.8 Å². The minimum Gasteiger partial charge on any atom is -0.394 e. The van der Waals surface area contributed by atoms with Crippen LogP contribution in [0.1, 0.15) is 105 Å². The second-order valence-corrected chi connectivity index (χ2v) is 12.1. The highest BCUT2D eigenvalue weighted by atomic mass is 16.6. The standard InChI is InChI=1S/C31H59N5O9/c1-5-6-7-8-9-10-11-12-13-14-17-34-25(39)16-15-23(29(33)41)36(30(42)21(3)32)18-20(2)44-28-26(35-22(4)38)31(43)45-24(19-37)27(28)40/h20-21,23-24,26-28,31,37,40,43H,5-19,32H2,1-4H3,(H2,33,41)(H,34,39)(H,35,38)/t20?,21-,23+,24+,26+,27+,28+,31-/m0/s1. The van der Waals surface area contributed by atoms with E-state index in [9.17, 15) is 34.5 Å². The molecule has 45 heavy (non-hydrogen) atoms. The van der Waals surface area contributed by atoms with Crippen molar-refractivity contribution >= 4 is 23.6 Å². The highest BCUT2D eigenvalue weighted by Gasteiger charge is 2.46. The van der Waals surface area contributed by atoms with Crippen LogP contribution in [0.15, 0.2) is 0 Å². The average molecular weight is 646 g/mol. The van der Waals surface area contributed by atoms with Crippen LogP contribution in [0.2, 0.25) is 0 Å². The summed E-state index contributed by atoms with van der Waals surface area (Å²) in [5.74, 6) is -2.20. The van der Waals surface area contributed by atoms with Crippen LogP contribution in [-0.2, 0) is 28.7 Å². The summed E-state index contributed by atoms with van der Waals surface area (Å²) in [6, 6.07) is -3.35. The number of rotatable bonds is 23. The lowest BCUT2D eigenvalue weighted by molar-refractivity contribution is -0.268. The van der Waals surface area contributed by atoms with E-state index in [1.165, 1.54) is 58.8 Å². The summed E-state index contributed by atoms with van der Waals surface area (Å²) < 4.78 is 11.2. The maximum absolute atomic E-state index is 13.1. The van der Waals surface area contributed by atoms with E-state index >= 15 is 0 Å². The molecule has 1 fully saturated rings. The smallest absolute Gasteiger partial charge is 0.240 e. The molecule has 14 heteroatoms. The maximum atomic E-state index is 13.1. The van der Waals surface area contributed by atoms with Crippen LogP contribution >= 0.6 is 0 Å². The number of primary amides is 1. The van der Waals surface area contributed by atoms with Gasteiger partial charge in [-0.3, -0.25) is 19.2 Å². The number of ether oxygens (including phenoxy) is 2. The lowest BCUT2D eigenvalue weighted by atomic mass is 9.96. The largest absolute Gasteiger partial charge is 0.394 e. The zero-order valence-electron chi connectivity index (χ0n) is 27.6. The number of aliphatic hydroxyl groups excluding tert-OH is 3. The second kappa shape index (κ2) is 22.2. The molecule has 9 N–H and O–H groups in total. The van der Waals surface area contributed by atoms with Crippen molar-refractivity contribution in [1.82, 2.24) is 15.5 Å². The van der Waals surface area contributed by atoms with E-state index in [1.54, 1.807) is 6.92 Å². The van der Waals surface area contributed by atoms with Gasteiger partial charge in [0.1, 0.15) is 30.4 Å². The van der Waals surface area contributed by atoms with E-state index in [0.717, 1.165) is 24.2 Å². The van der Waals surface area contributed by atoms with Gasteiger partial charge < -0.3 is 51.8 Å². The third kappa shape index (κ3) is 15.2. The Balaban J connectivity index is 2.74. The Labute approximate surface area is 267 Å². The summed E-state index contributed by atoms with van der Waals surface area (Å²) in [5.41, 5.74) is 11.5. The Kier molecular flexibility index (Phi) is 20.1. The van der Waals surface area contributed by atoms with Crippen molar-refractivity contribution in [1.29, 1.82) is 0 Å². The molecule has 0 aromatic heterocycles. The van der Waals surface area contributed by atoms with Crippen molar-refractivity contribution < 1.29 is 44.0 Å². The van der Waals surface area contributed by atoms with Gasteiger partial charge in [-0.1, -0.05) is 64.7 Å². The Morgan fingerprint density at radius 1 is 0.978 bits per heavy atom. The van der Waals surface area contributed by atoms with Crippen molar-refractivity contribution in [3.05, 3.63) is 0 Å². The van der Waals surface area contributed by atoms with Gasteiger partial charge in [-0.25, -0.2) is 0 Å². The molecule has 0 spiro atoms. The molecule has 0 bridgehead atoms. The topological polar surface area (TPSA) is 227 Å². The van der Waals surface area contributed by atoms with Gasteiger partial charge in [0, 0.05) is 26.4 Å². The number of unbranched alkanes of at least 4 members (excludes halogenated alkanes) is 9. The fourth-order valence-electron chi connectivity index (χ4n) is 5.50. The molecule has 0 saturated carbocycles. The lowest BCUT2D eigenvalue weighted by Gasteiger charge is -2.44. The summed E-state index contributed by atoms with van der Waals surface area (Å²) in [6.07, 6.45) is 5.43. The molecule has 8 atom stereocenters. The number of carbonyl (C=O) groups is 4. The van der Waals surface area contributed by atoms with Crippen LogP contribution < -0.4 is 22.1 Å². The van der Waals surface area contributed by atoms with Gasteiger partial charge >= 0.3 is 0 Å². The molecule has 4 amide bonds. The van der Waals surface area contributed by atoms with Gasteiger partial charge in [0.2, 0.25) is 23.6 Å². The minimum atomic E-state index is -1.59. The number of nitrogens with two attached hydrogens (primary N) is 2. The number of nitrogens with zero attached hydrogens (tertiary/aromatic N) is 1. The molecule has 1 heterocycles. The first-order chi connectivity index (χ1) is 21.3. The molecule has 1 aliphatic heterocycles. The average Bonchev–Trinajstić information content (AvgIpc) is 2.98. The number of aliphatic hydroxyl groups is 3. The third-order valence-electron chi connectivity index (χ3n) is 7.96. The van der Waals surface area contributed by atoms with Gasteiger partial charge in [0.15, 0.2) is 6.29 Å². The van der Waals surface area contributed by atoms with Gasteiger partial charge in [-0.2, -0.15) is 0 Å². The number of hydrogen-bond donors (Lipinski definition) is 7. The number of carbonyl (C=O) groups excluding carboxylic acids is 4. The molecule has 0 aliphatic carbocycles. The van der Waals surface area contributed by atoms with Gasteiger partial charge in [0.25, 0.3) is 0 Å². The van der Waals surface area contributed by atoms with E-state index in [0.29, 0.717) is 6.54 Å². The van der Waals surface area contributed by atoms with Crippen LogP contribution in [0.25, 0.3) is 0 Å². The van der Waals surface area contributed by atoms with Crippen molar-refractivity contribution in [3.8, 4) is 0 Å². The van der Waals surface area contributed by atoms with Crippen molar-refractivity contribution in [2.45, 2.75) is 154 Å². The Bertz CT molecular complexity index is 894. The molecule has 262 valence electrons. The Hall–Kier alpha value is -2.36. The predicted molar refractivity (Wildman–Crippen MR) is 168 cm³/mol. The van der Waals surface area contributed by atoms with E-state index in [-0.39, 0.29) is 25.3 Å². The molecule has 1 saturated heterocycles. The van der Waals surface area contributed by atoms with Gasteiger partial charge in [-0.05, 0) is 26.7 Å². The molecular formula is C31H59N5O9. The highest BCUT2D eigenvalue weighted by Crippen LogP contribution is 2.24. The fourth-order valence-corrected chi connectivity index (χ4v) is 5.50. The summed E-state index contributed by atoms with van der Waals surface area (Å²) in [5, 5.41) is 36.0. The van der Waals surface area contributed by atoms with Crippen LogP contribution in [0.5, 0.6) is 0 Å². The second-order valence-electron chi connectivity index (χ2n) is 12.1. The van der Waals surface area contributed by atoms with Crippen LogP contribution in [-0.4, -0.2) is 112 Å². The monoisotopic (exact) mass is 645 g/mol. The Morgan fingerprint density at radius 3 is 2.07 bits per heavy atom. The van der Waals surface area contributed by atoms with Crippen molar-refractivity contribution in [2.75, 3.05) is 19.7 Å². The molecule has 1 aliphatic rings. The molecule has 0 aromatic rings. The van der Waals surface area contributed by atoms with E-state index in [1.807, 2.05) is 0 Å². The first-order valence-electron chi connectivity index (χ1n) is 16.5. The first-order valence-corrected chi connectivity index (χ1v) is 16.5. The first kappa shape index (κ1) is 40.7. The van der Waals surface area contributed by atoms with E-state index < -0.39 is 73.2 Å². The van der Waals surface area contributed by atoms with E-state index in [4.69, 9.17) is 20.9 Å². The van der Waals surface area contributed by atoms with Crippen LogP contribution in [0.4, 0.5) is 0 Å². The highest BCUT2D eigenvalue weighted by molar-refractivity contribution is 5.89. The molecule has 0 aromatic carbocycles. The molecule has 1 rings (SSSR count). The molecular weight excluding hydrogens is 586 g/mol. The zero-order chi connectivity index (χ0) is 33.9. The number of hydrogen-bond acceptors (Lipinski definition) is 10. The quantitative estimate of drug-likeness (QED) is 0.0746. The predicted octanol–water partition coefficient (Wildman–Crippen LogP) is 0.182. The summed E-state index contributed by atoms with van der Waals surface area (Å²) in [4.78, 5) is 51.1. The maximum Gasteiger partial charge on any atom is 0.240 e. The lowest BCUT2D eigenvalue weighted by Crippen LogP contribution is -2.65. The SMILES string of the molecule is CCCCCCCCCCCCNC(=O)CC[C@H](C(N)=O)N(CC(C)O[C@H]1[C@H](O)[C@@H](CO)O[C@H](O)[C@@H]1NC(C)=O)C(=O)[C@H](C)N. The van der Waals surface area contributed by atoms with E-state index in [2.05, 4.69) is 17.6 Å². The number of nitrogens with one attached hydrogen (secondary N) is 2. The molecule has 1 unspecified atom stereocenters. The van der Waals surface area contributed by atoms with Crippen molar-refractivity contribution in [2.24, 2.45) is 11.5 Å². The van der Waals surface area contributed by atoms with Crippen LogP contribution in [0, 0.1) is 0 Å². The fraction of sp³-hybridized carbons (Fsp3) is 0.871. The zero-order valence-corrected chi connectivity index (χ0v) is 27.6. The van der Waals surface area contributed by atoms with Crippen molar-refractivity contribution in [3.63, 3.8) is 0 Å². The molecule has 14 nitrogen and oxygen atoms in total. The molecule has 0 radical (unpaired) electrons. The van der Waals surface area contributed by atoms with Crippen LogP contribution in [0.3, 0.4) is 0 Å². The third-order valence-corrected chi connectivity index (χ3v) is 7.96. The summed E-state index contributed by atoms with van der Waals surface area (Å²) >= 11 is 0. The van der Waals surface area contributed by atoms with Gasteiger partial charge in [-0.15, -0.1) is 0 Å². The number of amides is 4.